The molecule has 0 amide bonds. The van der Waals surface area contributed by atoms with Gasteiger partial charge in [-0.05, 0) is 76.3 Å². The van der Waals surface area contributed by atoms with Gasteiger partial charge in [0.05, 0.1) is 5.52 Å². The maximum absolute atomic E-state index is 3.68. The summed E-state index contributed by atoms with van der Waals surface area (Å²) in [4.78, 5) is 0. The maximum Gasteiger partial charge on any atom is 0.0501 e. The number of rotatable bonds is 2. The standard InChI is InChI=1S/C30H22BrN/c1-19-13-14-28-27(15-19)30-26(21-9-5-10-23(31)16-21)17-22(18-29(30)32(28)2)25-12-6-8-20-7-3-4-11-24(20)25/h3-18H,1-2H3. The van der Waals surface area contributed by atoms with Crippen molar-refractivity contribution < 1.29 is 0 Å². The number of aromatic nitrogens is 1. The molecular formula is C30H22BrN. The smallest absolute Gasteiger partial charge is 0.0501 e. The molecule has 6 rings (SSSR count). The van der Waals surface area contributed by atoms with E-state index in [1.54, 1.807) is 0 Å². The van der Waals surface area contributed by atoms with Gasteiger partial charge in [-0.3, -0.25) is 0 Å². The SMILES string of the molecule is Cc1ccc2c(c1)c1c(-c3cccc(Br)c3)cc(-c3cccc4ccccc34)cc1n2C. The molecule has 6 aromatic rings. The van der Waals surface area contributed by atoms with Crippen LogP contribution in [-0.2, 0) is 7.05 Å². The Morgan fingerprint density at radius 3 is 2.31 bits per heavy atom. The Kier molecular flexibility index (Phi) is 4.44. The molecule has 1 nitrogen and oxygen atoms in total. The van der Waals surface area contributed by atoms with Crippen LogP contribution in [0.4, 0.5) is 0 Å². The molecule has 0 radical (unpaired) electrons. The van der Waals surface area contributed by atoms with Crippen molar-refractivity contribution in [3.8, 4) is 22.3 Å². The average Bonchev–Trinajstić information content (AvgIpc) is 3.09. The molecule has 0 aliphatic carbocycles. The zero-order chi connectivity index (χ0) is 21.8. The molecule has 0 fully saturated rings. The number of hydrogen-bond donors (Lipinski definition) is 0. The average molecular weight is 476 g/mol. The highest BCUT2D eigenvalue weighted by atomic mass is 79.9. The van der Waals surface area contributed by atoms with E-state index in [0.717, 1.165) is 4.47 Å². The molecule has 0 atom stereocenters. The molecule has 32 heavy (non-hydrogen) atoms. The van der Waals surface area contributed by atoms with E-state index in [0.29, 0.717) is 0 Å². The molecule has 0 N–H and O–H groups in total. The molecule has 0 saturated carbocycles. The van der Waals surface area contributed by atoms with E-state index in [-0.39, 0.29) is 0 Å². The molecule has 0 unspecified atom stereocenters. The van der Waals surface area contributed by atoms with Gasteiger partial charge in [0.15, 0.2) is 0 Å². The van der Waals surface area contributed by atoms with E-state index in [4.69, 9.17) is 0 Å². The molecule has 0 spiro atoms. The Morgan fingerprint density at radius 1 is 0.625 bits per heavy atom. The first-order chi connectivity index (χ1) is 15.6. The van der Waals surface area contributed by atoms with Crippen LogP contribution < -0.4 is 0 Å². The third kappa shape index (κ3) is 2.98. The van der Waals surface area contributed by atoms with Crippen LogP contribution >= 0.6 is 15.9 Å². The zero-order valence-electron chi connectivity index (χ0n) is 18.1. The molecule has 1 heterocycles. The fourth-order valence-electron chi connectivity index (χ4n) is 4.96. The van der Waals surface area contributed by atoms with Crippen LogP contribution in [0.3, 0.4) is 0 Å². The molecule has 0 aliphatic heterocycles. The van der Waals surface area contributed by atoms with Gasteiger partial charge in [0.1, 0.15) is 0 Å². The van der Waals surface area contributed by atoms with Gasteiger partial charge in [-0.2, -0.15) is 0 Å². The number of halogens is 1. The molecule has 5 aromatic carbocycles. The number of aryl methyl sites for hydroxylation is 2. The van der Waals surface area contributed by atoms with E-state index in [2.05, 4.69) is 132 Å². The molecule has 0 bridgehead atoms. The number of hydrogen-bond acceptors (Lipinski definition) is 0. The largest absolute Gasteiger partial charge is 0.344 e. The zero-order valence-corrected chi connectivity index (χ0v) is 19.6. The molecule has 154 valence electrons. The van der Waals surface area contributed by atoms with Crippen molar-refractivity contribution in [2.24, 2.45) is 7.05 Å². The van der Waals surface area contributed by atoms with Crippen LogP contribution in [0.1, 0.15) is 5.56 Å². The summed E-state index contributed by atoms with van der Waals surface area (Å²) in [5, 5.41) is 5.17. The number of nitrogens with zero attached hydrogens (tertiary/aromatic N) is 1. The van der Waals surface area contributed by atoms with Crippen molar-refractivity contribution in [3.05, 3.63) is 107 Å². The number of benzene rings is 5. The third-order valence-electron chi connectivity index (χ3n) is 6.50. The van der Waals surface area contributed by atoms with Crippen LogP contribution in [0.15, 0.2) is 102 Å². The summed E-state index contributed by atoms with van der Waals surface area (Å²) >= 11 is 3.68. The summed E-state index contributed by atoms with van der Waals surface area (Å²) < 4.78 is 3.43. The monoisotopic (exact) mass is 475 g/mol. The Bertz CT molecular complexity index is 1650. The second kappa shape index (κ2) is 7.36. The van der Waals surface area contributed by atoms with E-state index >= 15 is 0 Å². The highest BCUT2D eigenvalue weighted by Gasteiger charge is 2.17. The summed E-state index contributed by atoms with van der Waals surface area (Å²) in [7, 11) is 2.18. The summed E-state index contributed by atoms with van der Waals surface area (Å²) in [5.74, 6) is 0. The minimum absolute atomic E-state index is 1.09. The lowest BCUT2D eigenvalue weighted by Crippen LogP contribution is -1.90. The van der Waals surface area contributed by atoms with Gasteiger partial charge in [-0.15, -0.1) is 0 Å². The van der Waals surface area contributed by atoms with Crippen LogP contribution in [0, 0.1) is 6.92 Å². The highest BCUT2D eigenvalue weighted by molar-refractivity contribution is 9.10. The van der Waals surface area contributed by atoms with Gasteiger partial charge in [-0.1, -0.05) is 82.2 Å². The Morgan fingerprint density at radius 2 is 1.44 bits per heavy atom. The fourth-order valence-corrected chi connectivity index (χ4v) is 5.36. The molecule has 1 aromatic heterocycles. The van der Waals surface area contributed by atoms with Crippen LogP contribution in [0.2, 0.25) is 0 Å². The molecule has 0 aliphatic rings. The highest BCUT2D eigenvalue weighted by Crippen LogP contribution is 2.41. The van der Waals surface area contributed by atoms with Crippen LogP contribution in [-0.4, -0.2) is 4.57 Å². The molecule has 0 saturated heterocycles. The van der Waals surface area contributed by atoms with E-state index in [1.165, 1.54) is 60.4 Å². The fraction of sp³-hybridized carbons (Fsp3) is 0.0667. The lowest BCUT2D eigenvalue weighted by molar-refractivity contribution is 1.01. The van der Waals surface area contributed by atoms with Crippen molar-refractivity contribution >= 4 is 48.5 Å². The third-order valence-corrected chi connectivity index (χ3v) is 6.99. The minimum atomic E-state index is 1.09. The van der Waals surface area contributed by atoms with Gasteiger partial charge in [0.25, 0.3) is 0 Å². The Balaban J connectivity index is 1.78. The second-order valence-electron chi connectivity index (χ2n) is 8.53. The topological polar surface area (TPSA) is 4.93 Å². The Hall–Kier alpha value is -3.36. The predicted octanol–water partition coefficient (Wildman–Crippen LogP) is 8.89. The van der Waals surface area contributed by atoms with Crippen LogP contribution in [0.25, 0.3) is 54.8 Å². The predicted molar refractivity (Wildman–Crippen MR) is 141 cm³/mol. The van der Waals surface area contributed by atoms with E-state index in [9.17, 15) is 0 Å². The van der Waals surface area contributed by atoms with Gasteiger partial charge < -0.3 is 4.57 Å². The van der Waals surface area contributed by atoms with Crippen LogP contribution in [0.5, 0.6) is 0 Å². The second-order valence-corrected chi connectivity index (χ2v) is 9.45. The normalized spacial score (nSPS) is 11.6. The summed E-state index contributed by atoms with van der Waals surface area (Å²) in [5.41, 5.74) is 8.80. The van der Waals surface area contributed by atoms with Gasteiger partial charge in [-0.25, -0.2) is 0 Å². The van der Waals surface area contributed by atoms with Crippen molar-refractivity contribution in [3.63, 3.8) is 0 Å². The first kappa shape index (κ1) is 19.3. The van der Waals surface area contributed by atoms with Crippen molar-refractivity contribution in [1.82, 2.24) is 4.57 Å². The first-order valence-electron chi connectivity index (χ1n) is 10.9. The van der Waals surface area contributed by atoms with E-state index < -0.39 is 0 Å². The molecular weight excluding hydrogens is 454 g/mol. The van der Waals surface area contributed by atoms with E-state index in [1.807, 2.05) is 0 Å². The first-order valence-corrected chi connectivity index (χ1v) is 11.7. The Labute approximate surface area is 196 Å². The number of fused-ring (bicyclic) bond motifs is 4. The summed E-state index contributed by atoms with van der Waals surface area (Å²) in [6.07, 6.45) is 0. The molecule has 2 heteroatoms. The van der Waals surface area contributed by atoms with Gasteiger partial charge in [0.2, 0.25) is 0 Å². The maximum atomic E-state index is 3.68. The minimum Gasteiger partial charge on any atom is -0.344 e. The summed E-state index contributed by atoms with van der Waals surface area (Å²) in [6, 6.07) is 35.3. The van der Waals surface area contributed by atoms with Gasteiger partial charge in [0, 0.05) is 27.8 Å². The van der Waals surface area contributed by atoms with Crippen molar-refractivity contribution in [1.29, 1.82) is 0 Å². The van der Waals surface area contributed by atoms with Gasteiger partial charge >= 0.3 is 0 Å². The quantitative estimate of drug-likeness (QED) is 0.235. The lowest BCUT2D eigenvalue weighted by atomic mass is 9.92. The lowest BCUT2D eigenvalue weighted by Gasteiger charge is -2.12. The van der Waals surface area contributed by atoms with Crippen molar-refractivity contribution in [2.45, 2.75) is 6.92 Å². The van der Waals surface area contributed by atoms with Crippen molar-refractivity contribution in [2.75, 3.05) is 0 Å². The summed E-state index contributed by atoms with van der Waals surface area (Å²) in [6.45, 7) is 2.17.